The van der Waals surface area contributed by atoms with E-state index in [1.807, 2.05) is 20.8 Å². The molecule has 0 radical (unpaired) electrons. The van der Waals surface area contributed by atoms with Crippen LogP contribution in [0.5, 0.6) is 0 Å². The van der Waals surface area contributed by atoms with Crippen molar-refractivity contribution in [2.75, 3.05) is 5.73 Å². The van der Waals surface area contributed by atoms with Crippen LogP contribution in [0, 0.1) is 6.92 Å². The number of nitrogens with two attached hydrogens (primary N) is 1. The van der Waals surface area contributed by atoms with Gasteiger partial charge in [0.25, 0.3) is 0 Å². The van der Waals surface area contributed by atoms with Crippen LogP contribution in [0.25, 0.3) is 0 Å². The van der Waals surface area contributed by atoms with E-state index < -0.39 is 15.6 Å². The molecular weight excluding hydrogens is 252 g/mol. The minimum absolute atomic E-state index is 0.0389. The highest BCUT2D eigenvalue weighted by Crippen LogP contribution is 2.24. The molecule has 0 aliphatic carbocycles. The SMILES string of the molecule is CCC(C)(CC)NS(=O)(=O)c1c(N)nn(C)c1C. The Morgan fingerprint density at radius 1 is 1.39 bits per heavy atom. The third kappa shape index (κ3) is 2.67. The van der Waals surface area contributed by atoms with Crippen LogP contribution in [-0.4, -0.2) is 23.7 Å². The quantitative estimate of drug-likeness (QED) is 0.843. The number of rotatable bonds is 5. The number of aryl methyl sites for hydroxylation is 1. The van der Waals surface area contributed by atoms with Gasteiger partial charge in [-0.05, 0) is 26.7 Å². The Morgan fingerprint density at radius 3 is 2.22 bits per heavy atom. The summed E-state index contributed by atoms with van der Waals surface area (Å²) in [4.78, 5) is 0.0816. The van der Waals surface area contributed by atoms with E-state index in [-0.39, 0.29) is 10.7 Å². The van der Waals surface area contributed by atoms with Crippen LogP contribution >= 0.6 is 0 Å². The highest BCUT2D eigenvalue weighted by atomic mass is 32.2. The lowest BCUT2D eigenvalue weighted by Gasteiger charge is -2.27. The predicted molar refractivity (Wildman–Crippen MR) is 71.7 cm³/mol. The van der Waals surface area contributed by atoms with Gasteiger partial charge in [-0.15, -0.1) is 0 Å². The molecule has 0 fully saturated rings. The molecule has 0 aliphatic rings. The van der Waals surface area contributed by atoms with Crippen molar-refractivity contribution < 1.29 is 8.42 Å². The van der Waals surface area contributed by atoms with Crippen LogP contribution in [0.3, 0.4) is 0 Å². The molecule has 1 aromatic rings. The minimum Gasteiger partial charge on any atom is -0.381 e. The minimum atomic E-state index is -3.64. The smallest absolute Gasteiger partial charge is 0.246 e. The third-order valence-corrected chi connectivity index (χ3v) is 5.32. The zero-order valence-electron chi connectivity index (χ0n) is 11.6. The summed E-state index contributed by atoms with van der Waals surface area (Å²) >= 11 is 0. The number of hydrogen-bond acceptors (Lipinski definition) is 4. The summed E-state index contributed by atoms with van der Waals surface area (Å²) < 4.78 is 28.9. The molecule has 1 heterocycles. The van der Waals surface area contributed by atoms with Crippen molar-refractivity contribution in [1.82, 2.24) is 14.5 Å². The fourth-order valence-corrected chi connectivity index (χ4v) is 3.59. The molecule has 7 heteroatoms. The van der Waals surface area contributed by atoms with Crippen molar-refractivity contribution in [2.45, 2.75) is 51.0 Å². The van der Waals surface area contributed by atoms with Crippen molar-refractivity contribution in [3.8, 4) is 0 Å². The van der Waals surface area contributed by atoms with Gasteiger partial charge in [-0.3, -0.25) is 4.68 Å². The Balaban J connectivity index is 3.23. The van der Waals surface area contributed by atoms with Gasteiger partial charge >= 0.3 is 0 Å². The number of nitrogen functional groups attached to an aromatic ring is 1. The predicted octanol–water partition coefficient (Wildman–Crippen LogP) is 1.17. The van der Waals surface area contributed by atoms with E-state index in [4.69, 9.17) is 5.73 Å². The lowest BCUT2D eigenvalue weighted by atomic mass is 9.98. The largest absolute Gasteiger partial charge is 0.381 e. The lowest BCUT2D eigenvalue weighted by molar-refractivity contribution is 0.388. The summed E-state index contributed by atoms with van der Waals surface area (Å²) in [6, 6.07) is 0. The molecule has 0 bridgehead atoms. The van der Waals surface area contributed by atoms with Crippen LogP contribution in [0.2, 0.25) is 0 Å². The molecular formula is C11H22N4O2S. The first-order chi connectivity index (χ1) is 8.17. The Kier molecular flexibility index (Phi) is 4.07. The van der Waals surface area contributed by atoms with E-state index in [0.29, 0.717) is 18.5 Å². The highest BCUT2D eigenvalue weighted by molar-refractivity contribution is 7.89. The first-order valence-electron chi connectivity index (χ1n) is 6.00. The molecule has 0 aromatic carbocycles. The van der Waals surface area contributed by atoms with Crippen LogP contribution in [0.4, 0.5) is 5.82 Å². The second-order valence-corrected chi connectivity index (χ2v) is 6.42. The second-order valence-electron chi connectivity index (χ2n) is 4.80. The van der Waals surface area contributed by atoms with Crippen LogP contribution in [-0.2, 0) is 17.1 Å². The van der Waals surface area contributed by atoms with E-state index in [0.717, 1.165) is 0 Å². The summed E-state index contributed by atoms with van der Waals surface area (Å²) in [6.07, 6.45) is 1.42. The highest BCUT2D eigenvalue weighted by Gasteiger charge is 2.31. The molecule has 6 nitrogen and oxygen atoms in total. The van der Waals surface area contributed by atoms with Gasteiger partial charge in [0.2, 0.25) is 10.0 Å². The molecule has 1 aromatic heterocycles. The van der Waals surface area contributed by atoms with E-state index >= 15 is 0 Å². The maximum atomic E-state index is 12.4. The molecule has 0 saturated carbocycles. The van der Waals surface area contributed by atoms with Crippen molar-refractivity contribution >= 4 is 15.8 Å². The molecule has 0 amide bonds. The number of aromatic nitrogens is 2. The molecule has 1 rings (SSSR count). The molecule has 0 aliphatic heterocycles. The zero-order valence-corrected chi connectivity index (χ0v) is 12.4. The van der Waals surface area contributed by atoms with Crippen molar-refractivity contribution in [1.29, 1.82) is 0 Å². The normalized spacial score (nSPS) is 12.9. The Bertz CT molecular complexity index is 529. The average Bonchev–Trinajstić information content (AvgIpc) is 2.52. The summed E-state index contributed by atoms with van der Waals surface area (Å²) in [7, 11) is -1.97. The molecule has 0 unspecified atom stereocenters. The van der Waals surface area contributed by atoms with Gasteiger partial charge in [0, 0.05) is 12.6 Å². The fourth-order valence-electron chi connectivity index (χ4n) is 1.72. The molecule has 0 atom stereocenters. The van der Waals surface area contributed by atoms with Crippen molar-refractivity contribution in [3.63, 3.8) is 0 Å². The van der Waals surface area contributed by atoms with E-state index in [9.17, 15) is 8.42 Å². The van der Waals surface area contributed by atoms with E-state index in [1.54, 1.807) is 14.0 Å². The maximum absolute atomic E-state index is 12.4. The summed E-state index contributed by atoms with van der Waals surface area (Å²) in [6.45, 7) is 7.47. The van der Waals surface area contributed by atoms with Gasteiger partial charge in [-0.1, -0.05) is 13.8 Å². The Hall–Kier alpha value is -1.08. The van der Waals surface area contributed by atoms with Gasteiger partial charge in [-0.25, -0.2) is 13.1 Å². The summed E-state index contributed by atoms with van der Waals surface area (Å²) in [5, 5.41) is 3.93. The number of anilines is 1. The molecule has 104 valence electrons. The van der Waals surface area contributed by atoms with Crippen LogP contribution in [0.15, 0.2) is 4.90 Å². The van der Waals surface area contributed by atoms with Crippen LogP contribution in [0.1, 0.15) is 39.3 Å². The number of hydrogen-bond donors (Lipinski definition) is 2. The fraction of sp³-hybridized carbons (Fsp3) is 0.727. The number of sulfonamides is 1. The van der Waals surface area contributed by atoms with Crippen LogP contribution < -0.4 is 10.5 Å². The van der Waals surface area contributed by atoms with Gasteiger partial charge in [0.1, 0.15) is 4.90 Å². The van der Waals surface area contributed by atoms with Gasteiger partial charge in [0.15, 0.2) is 5.82 Å². The first-order valence-corrected chi connectivity index (χ1v) is 7.48. The molecule has 18 heavy (non-hydrogen) atoms. The second kappa shape index (κ2) is 4.89. The Labute approximate surface area is 109 Å². The monoisotopic (exact) mass is 274 g/mol. The maximum Gasteiger partial charge on any atom is 0.246 e. The van der Waals surface area contributed by atoms with Gasteiger partial charge in [-0.2, -0.15) is 5.10 Å². The van der Waals surface area contributed by atoms with Gasteiger partial charge < -0.3 is 5.73 Å². The molecule has 3 N–H and O–H groups in total. The molecule has 0 saturated heterocycles. The molecule has 0 spiro atoms. The number of nitrogens with zero attached hydrogens (tertiary/aromatic N) is 2. The topological polar surface area (TPSA) is 90.0 Å². The lowest BCUT2D eigenvalue weighted by Crippen LogP contribution is -2.45. The third-order valence-electron chi connectivity index (χ3n) is 3.51. The first kappa shape index (κ1) is 15.0. The number of nitrogens with one attached hydrogen (secondary N) is 1. The summed E-state index contributed by atoms with van der Waals surface area (Å²) in [5.74, 6) is 0.0389. The van der Waals surface area contributed by atoms with E-state index in [2.05, 4.69) is 9.82 Å². The van der Waals surface area contributed by atoms with Crippen molar-refractivity contribution in [3.05, 3.63) is 5.69 Å². The zero-order chi connectivity index (χ0) is 14.1. The van der Waals surface area contributed by atoms with Crippen molar-refractivity contribution in [2.24, 2.45) is 7.05 Å². The van der Waals surface area contributed by atoms with Gasteiger partial charge in [0.05, 0.1) is 5.69 Å². The van der Waals surface area contributed by atoms with E-state index in [1.165, 1.54) is 4.68 Å². The Morgan fingerprint density at radius 2 is 1.89 bits per heavy atom. The summed E-state index contributed by atoms with van der Waals surface area (Å²) in [5.41, 5.74) is 5.75. The standard InChI is InChI=1S/C11H22N4O2S/c1-6-11(4,7-2)14-18(16,17)9-8(3)15(5)13-10(9)12/h14H,6-7H2,1-5H3,(H2,12,13). The average molecular weight is 274 g/mol.